The molecule has 1 atom stereocenters. The van der Waals surface area contributed by atoms with Crippen LogP contribution in [0.15, 0.2) is 12.2 Å². The smallest absolute Gasteiger partial charge is 0.108 e. The number of ether oxygens (including phenoxy) is 1. The van der Waals surface area contributed by atoms with Crippen LogP contribution in [0, 0.1) is 0 Å². The Morgan fingerprint density at radius 2 is 2.08 bits per heavy atom. The SMILES string of the molecule is FC/C=C/C1OC12CCCCC2. The fourth-order valence-electron chi connectivity index (χ4n) is 2.16. The Labute approximate surface area is 72.6 Å². The predicted molar refractivity (Wildman–Crippen MR) is 45.8 cm³/mol. The average Bonchev–Trinajstić information content (AvgIpc) is 2.77. The van der Waals surface area contributed by atoms with E-state index in [1.54, 1.807) is 6.08 Å². The summed E-state index contributed by atoms with van der Waals surface area (Å²) in [6.45, 7) is -0.365. The molecule has 0 N–H and O–H groups in total. The molecule has 1 heterocycles. The highest BCUT2D eigenvalue weighted by atomic mass is 19.1. The maximum Gasteiger partial charge on any atom is 0.108 e. The lowest BCUT2D eigenvalue weighted by Gasteiger charge is -2.17. The van der Waals surface area contributed by atoms with Gasteiger partial charge in [0, 0.05) is 0 Å². The largest absolute Gasteiger partial charge is 0.362 e. The molecule has 2 heteroatoms. The number of alkyl halides is 1. The van der Waals surface area contributed by atoms with E-state index in [2.05, 4.69) is 0 Å². The summed E-state index contributed by atoms with van der Waals surface area (Å²) >= 11 is 0. The van der Waals surface area contributed by atoms with Crippen molar-refractivity contribution in [2.45, 2.75) is 43.8 Å². The fraction of sp³-hybridized carbons (Fsp3) is 0.800. The predicted octanol–water partition coefficient (Wildman–Crippen LogP) is 2.61. The number of halogens is 1. The highest BCUT2D eigenvalue weighted by Gasteiger charge is 2.54. The van der Waals surface area contributed by atoms with Crippen molar-refractivity contribution in [3.8, 4) is 0 Å². The van der Waals surface area contributed by atoms with Crippen LogP contribution in [-0.4, -0.2) is 18.4 Å². The van der Waals surface area contributed by atoms with Gasteiger partial charge in [0.2, 0.25) is 0 Å². The summed E-state index contributed by atoms with van der Waals surface area (Å²) in [4.78, 5) is 0. The molecule has 0 aromatic carbocycles. The van der Waals surface area contributed by atoms with Crippen LogP contribution < -0.4 is 0 Å². The summed E-state index contributed by atoms with van der Waals surface area (Å²) < 4.78 is 17.4. The molecule has 0 aromatic rings. The first-order valence-electron chi connectivity index (χ1n) is 4.78. The molecule has 12 heavy (non-hydrogen) atoms. The fourth-order valence-corrected chi connectivity index (χ4v) is 2.16. The molecule has 1 saturated heterocycles. The van der Waals surface area contributed by atoms with E-state index >= 15 is 0 Å². The minimum atomic E-state index is -0.365. The lowest BCUT2D eigenvalue weighted by atomic mass is 9.86. The summed E-state index contributed by atoms with van der Waals surface area (Å²) in [5, 5.41) is 0. The first kappa shape index (κ1) is 8.24. The third-order valence-electron chi connectivity index (χ3n) is 2.92. The van der Waals surface area contributed by atoms with Gasteiger partial charge >= 0.3 is 0 Å². The zero-order valence-electron chi connectivity index (χ0n) is 7.26. The summed E-state index contributed by atoms with van der Waals surface area (Å²) in [6.07, 6.45) is 9.92. The van der Waals surface area contributed by atoms with Gasteiger partial charge in [-0.1, -0.05) is 31.4 Å². The minimum Gasteiger partial charge on any atom is -0.362 e. The van der Waals surface area contributed by atoms with Gasteiger partial charge in [-0.25, -0.2) is 4.39 Å². The van der Waals surface area contributed by atoms with Crippen LogP contribution in [0.5, 0.6) is 0 Å². The van der Waals surface area contributed by atoms with Crippen molar-refractivity contribution in [2.75, 3.05) is 6.67 Å². The monoisotopic (exact) mass is 170 g/mol. The maximum atomic E-state index is 11.8. The Morgan fingerprint density at radius 1 is 1.33 bits per heavy atom. The highest BCUT2D eigenvalue weighted by Crippen LogP contribution is 2.48. The van der Waals surface area contributed by atoms with Crippen LogP contribution in [-0.2, 0) is 4.74 Å². The zero-order valence-corrected chi connectivity index (χ0v) is 7.26. The topological polar surface area (TPSA) is 12.5 Å². The minimum absolute atomic E-state index is 0.143. The number of rotatable bonds is 2. The lowest BCUT2D eigenvalue weighted by Crippen LogP contribution is -2.18. The van der Waals surface area contributed by atoms with Crippen LogP contribution in [0.2, 0.25) is 0 Å². The van der Waals surface area contributed by atoms with Gasteiger partial charge in [-0.3, -0.25) is 0 Å². The van der Waals surface area contributed by atoms with Gasteiger partial charge in [0.25, 0.3) is 0 Å². The molecule has 2 rings (SSSR count). The second-order valence-corrected chi connectivity index (χ2v) is 3.75. The Kier molecular flexibility index (Phi) is 2.18. The number of epoxide rings is 1. The van der Waals surface area contributed by atoms with Crippen molar-refractivity contribution in [2.24, 2.45) is 0 Å². The van der Waals surface area contributed by atoms with E-state index in [4.69, 9.17) is 4.74 Å². The van der Waals surface area contributed by atoms with Crippen LogP contribution in [0.1, 0.15) is 32.1 Å². The first-order chi connectivity index (χ1) is 5.87. The van der Waals surface area contributed by atoms with Gasteiger partial charge in [-0.2, -0.15) is 0 Å². The zero-order chi connectivity index (χ0) is 8.44. The van der Waals surface area contributed by atoms with Crippen LogP contribution in [0.3, 0.4) is 0 Å². The third-order valence-corrected chi connectivity index (χ3v) is 2.92. The summed E-state index contributed by atoms with van der Waals surface area (Å²) in [5.74, 6) is 0. The van der Waals surface area contributed by atoms with Crippen molar-refractivity contribution in [1.82, 2.24) is 0 Å². The van der Waals surface area contributed by atoms with Gasteiger partial charge in [0.1, 0.15) is 12.8 Å². The number of allylic oxidation sites excluding steroid dienone is 1. The van der Waals surface area contributed by atoms with Gasteiger partial charge in [-0.05, 0) is 12.8 Å². The molecule has 0 radical (unpaired) electrons. The standard InChI is InChI=1S/C10H15FO/c11-8-4-5-9-10(12-9)6-2-1-3-7-10/h4-5,9H,1-3,6-8H2/b5-4+. The second kappa shape index (κ2) is 3.17. The summed E-state index contributed by atoms with van der Waals surface area (Å²) in [6, 6.07) is 0. The Bertz CT molecular complexity index is 182. The van der Waals surface area contributed by atoms with Crippen molar-refractivity contribution in [3.63, 3.8) is 0 Å². The lowest BCUT2D eigenvalue weighted by molar-refractivity contribution is 0.235. The molecule has 1 nitrogen and oxygen atoms in total. The molecule has 1 aliphatic heterocycles. The Hall–Kier alpha value is -0.370. The van der Waals surface area contributed by atoms with E-state index in [1.807, 2.05) is 6.08 Å². The van der Waals surface area contributed by atoms with E-state index in [0.717, 1.165) is 0 Å². The molecular weight excluding hydrogens is 155 g/mol. The third kappa shape index (κ3) is 1.40. The average molecular weight is 170 g/mol. The van der Waals surface area contributed by atoms with E-state index in [0.29, 0.717) is 0 Å². The van der Waals surface area contributed by atoms with E-state index < -0.39 is 0 Å². The van der Waals surface area contributed by atoms with Crippen LogP contribution >= 0.6 is 0 Å². The number of hydrogen-bond acceptors (Lipinski definition) is 1. The van der Waals surface area contributed by atoms with Gasteiger partial charge < -0.3 is 4.74 Å². The van der Waals surface area contributed by atoms with Crippen LogP contribution in [0.4, 0.5) is 4.39 Å². The molecule has 0 bridgehead atoms. The van der Waals surface area contributed by atoms with Crippen LogP contribution in [0.25, 0.3) is 0 Å². The van der Waals surface area contributed by atoms with Crippen molar-refractivity contribution < 1.29 is 9.13 Å². The number of hydrogen-bond donors (Lipinski definition) is 0. The first-order valence-corrected chi connectivity index (χ1v) is 4.78. The molecule has 0 amide bonds. The Balaban J connectivity index is 1.86. The quantitative estimate of drug-likeness (QED) is 0.458. The van der Waals surface area contributed by atoms with E-state index in [-0.39, 0.29) is 18.4 Å². The molecule has 0 aromatic heterocycles. The van der Waals surface area contributed by atoms with Gasteiger partial charge in [-0.15, -0.1) is 0 Å². The van der Waals surface area contributed by atoms with Crippen molar-refractivity contribution in [3.05, 3.63) is 12.2 Å². The molecule has 2 fully saturated rings. The normalized spacial score (nSPS) is 32.9. The molecule has 2 aliphatic rings. The molecule has 1 aliphatic carbocycles. The van der Waals surface area contributed by atoms with Crippen molar-refractivity contribution >= 4 is 0 Å². The molecule has 68 valence electrons. The second-order valence-electron chi connectivity index (χ2n) is 3.75. The van der Waals surface area contributed by atoms with E-state index in [1.165, 1.54) is 32.1 Å². The summed E-state index contributed by atoms with van der Waals surface area (Å²) in [5.41, 5.74) is 0.143. The molecular formula is C10H15FO. The maximum absolute atomic E-state index is 11.8. The Morgan fingerprint density at radius 3 is 2.75 bits per heavy atom. The summed E-state index contributed by atoms with van der Waals surface area (Å²) in [7, 11) is 0. The molecule has 1 saturated carbocycles. The molecule has 1 spiro atoms. The van der Waals surface area contributed by atoms with E-state index in [9.17, 15) is 4.39 Å². The van der Waals surface area contributed by atoms with Gasteiger partial charge in [0.05, 0.1) is 5.60 Å². The molecule has 1 unspecified atom stereocenters. The highest BCUT2D eigenvalue weighted by molar-refractivity contribution is 5.13. The van der Waals surface area contributed by atoms with Gasteiger partial charge in [0.15, 0.2) is 0 Å². The van der Waals surface area contributed by atoms with Crippen molar-refractivity contribution in [1.29, 1.82) is 0 Å².